The van der Waals surface area contributed by atoms with Crippen molar-refractivity contribution in [2.75, 3.05) is 0 Å². The van der Waals surface area contributed by atoms with Crippen LogP contribution in [0.25, 0.3) is 0 Å². The second-order valence-electron chi connectivity index (χ2n) is 2.86. The number of aliphatic imine (C=N–C) groups is 1. The fraction of sp³-hybridized carbons (Fsp3) is 0.625. The lowest BCUT2D eigenvalue weighted by molar-refractivity contribution is -0.0742. The van der Waals surface area contributed by atoms with Crippen LogP contribution >= 0.6 is 0 Å². The van der Waals surface area contributed by atoms with E-state index in [4.69, 9.17) is 4.74 Å². The second-order valence-corrected chi connectivity index (χ2v) is 2.86. The van der Waals surface area contributed by atoms with Gasteiger partial charge in [-0.25, -0.2) is 4.99 Å². The first-order valence-corrected chi connectivity index (χ1v) is 3.58. The summed E-state index contributed by atoms with van der Waals surface area (Å²) in [6, 6.07) is -0.140. The standard InChI is InChI=1S/C8H12FNO/c1-4-7-5-8(3,9)11-6(2)10-7/h4,7H,1,5H2,2-3H3. The summed E-state index contributed by atoms with van der Waals surface area (Å²) >= 11 is 0. The Morgan fingerprint density at radius 1 is 1.91 bits per heavy atom. The monoisotopic (exact) mass is 157 g/mol. The minimum absolute atomic E-state index is 0.140. The Hall–Kier alpha value is -0.860. The van der Waals surface area contributed by atoms with Crippen LogP contribution in [0, 0.1) is 0 Å². The molecular weight excluding hydrogens is 145 g/mol. The van der Waals surface area contributed by atoms with E-state index in [9.17, 15) is 4.39 Å². The van der Waals surface area contributed by atoms with E-state index in [1.807, 2.05) is 0 Å². The van der Waals surface area contributed by atoms with Crippen LogP contribution in [0.5, 0.6) is 0 Å². The molecule has 0 aromatic carbocycles. The molecule has 2 atom stereocenters. The average molecular weight is 157 g/mol. The van der Waals surface area contributed by atoms with Crippen molar-refractivity contribution in [3.63, 3.8) is 0 Å². The third-order valence-corrected chi connectivity index (χ3v) is 1.55. The van der Waals surface area contributed by atoms with E-state index >= 15 is 0 Å². The topological polar surface area (TPSA) is 21.6 Å². The Kier molecular flexibility index (Phi) is 1.98. The van der Waals surface area contributed by atoms with Gasteiger partial charge >= 0.3 is 0 Å². The van der Waals surface area contributed by atoms with Crippen LogP contribution < -0.4 is 0 Å². The van der Waals surface area contributed by atoms with Crippen molar-refractivity contribution in [3.8, 4) is 0 Å². The maximum atomic E-state index is 13.2. The number of alkyl halides is 1. The number of halogens is 1. The zero-order chi connectivity index (χ0) is 8.48. The number of rotatable bonds is 1. The predicted octanol–water partition coefficient (Wildman–Crippen LogP) is 2.07. The van der Waals surface area contributed by atoms with Gasteiger partial charge in [-0.1, -0.05) is 6.08 Å². The van der Waals surface area contributed by atoms with Crippen LogP contribution in [0.1, 0.15) is 20.3 Å². The molecule has 1 aliphatic heterocycles. The van der Waals surface area contributed by atoms with Crippen LogP contribution in [0.4, 0.5) is 4.39 Å². The van der Waals surface area contributed by atoms with Crippen molar-refractivity contribution in [1.29, 1.82) is 0 Å². The molecule has 0 aromatic heterocycles. The molecule has 0 radical (unpaired) electrons. The zero-order valence-corrected chi connectivity index (χ0v) is 6.80. The lowest BCUT2D eigenvalue weighted by atomic mass is 10.1. The molecule has 0 aliphatic carbocycles. The summed E-state index contributed by atoms with van der Waals surface area (Å²) in [5.74, 6) is -1.18. The van der Waals surface area contributed by atoms with Gasteiger partial charge in [-0.2, -0.15) is 4.39 Å². The summed E-state index contributed by atoms with van der Waals surface area (Å²) in [6.45, 7) is 6.61. The number of ether oxygens (including phenoxy) is 1. The molecule has 0 N–H and O–H groups in total. The van der Waals surface area contributed by atoms with E-state index in [1.165, 1.54) is 6.92 Å². The molecule has 0 saturated heterocycles. The van der Waals surface area contributed by atoms with Crippen molar-refractivity contribution in [2.45, 2.75) is 32.2 Å². The van der Waals surface area contributed by atoms with Crippen molar-refractivity contribution in [2.24, 2.45) is 4.99 Å². The average Bonchev–Trinajstić information content (AvgIpc) is 1.83. The van der Waals surface area contributed by atoms with Gasteiger partial charge in [0.15, 0.2) is 5.90 Å². The van der Waals surface area contributed by atoms with Crippen molar-refractivity contribution >= 4 is 5.90 Å². The molecular formula is C8H12FNO. The Bertz CT molecular complexity index is 198. The normalized spacial score (nSPS) is 37.4. The van der Waals surface area contributed by atoms with Gasteiger partial charge in [-0.3, -0.25) is 0 Å². The van der Waals surface area contributed by atoms with Gasteiger partial charge in [0.25, 0.3) is 0 Å². The van der Waals surface area contributed by atoms with E-state index < -0.39 is 5.85 Å². The molecule has 0 bridgehead atoms. The molecule has 11 heavy (non-hydrogen) atoms. The van der Waals surface area contributed by atoms with Gasteiger partial charge in [-0.05, 0) is 0 Å². The van der Waals surface area contributed by atoms with Gasteiger partial charge in [0.2, 0.25) is 5.85 Å². The molecule has 0 amide bonds. The fourth-order valence-corrected chi connectivity index (χ4v) is 1.16. The highest BCUT2D eigenvalue weighted by molar-refractivity contribution is 5.74. The first kappa shape index (κ1) is 8.24. The summed E-state index contributed by atoms with van der Waals surface area (Å²) in [5, 5.41) is 0. The highest BCUT2D eigenvalue weighted by Gasteiger charge is 2.32. The van der Waals surface area contributed by atoms with Crippen LogP contribution in [-0.2, 0) is 4.74 Å². The summed E-state index contributed by atoms with van der Waals surface area (Å²) in [6.07, 6.45) is 1.89. The molecule has 0 saturated carbocycles. The van der Waals surface area contributed by atoms with Crippen LogP contribution in [0.2, 0.25) is 0 Å². The maximum absolute atomic E-state index is 13.2. The van der Waals surface area contributed by atoms with Gasteiger partial charge in [0, 0.05) is 20.3 Å². The molecule has 3 heteroatoms. The van der Waals surface area contributed by atoms with Gasteiger partial charge in [-0.15, -0.1) is 6.58 Å². The van der Waals surface area contributed by atoms with E-state index in [2.05, 4.69) is 11.6 Å². The minimum atomic E-state index is -1.58. The molecule has 1 rings (SSSR count). The molecule has 0 fully saturated rings. The molecule has 2 nitrogen and oxygen atoms in total. The molecule has 0 aromatic rings. The first-order valence-electron chi connectivity index (χ1n) is 3.58. The zero-order valence-electron chi connectivity index (χ0n) is 6.80. The Balaban J connectivity index is 2.76. The Morgan fingerprint density at radius 3 is 3.00 bits per heavy atom. The first-order chi connectivity index (χ1) is 5.03. The number of nitrogens with zero attached hydrogens (tertiary/aromatic N) is 1. The number of hydrogen-bond donors (Lipinski definition) is 0. The minimum Gasteiger partial charge on any atom is -0.446 e. The summed E-state index contributed by atoms with van der Waals surface area (Å²) in [4.78, 5) is 4.03. The van der Waals surface area contributed by atoms with Crippen LogP contribution in [-0.4, -0.2) is 17.8 Å². The van der Waals surface area contributed by atoms with E-state index in [1.54, 1.807) is 13.0 Å². The number of hydrogen-bond acceptors (Lipinski definition) is 2. The second kappa shape index (κ2) is 2.64. The van der Waals surface area contributed by atoms with Crippen LogP contribution in [0.15, 0.2) is 17.6 Å². The smallest absolute Gasteiger partial charge is 0.249 e. The lowest BCUT2D eigenvalue weighted by Crippen LogP contribution is -2.34. The molecule has 62 valence electrons. The van der Waals surface area contributed by atoms with Gasteiger partial charge in [0.05, 0.1) is 6.04 Å². The third-order valence-electron chi connectivity index (χ3n) is 1.55. The fourth-order valence-electron chi connectivity index (χ4n) is 1.16. The van der Waals surface area contributed by atoms with Crippen LogP contribution in [0.3, 0.4) is 0 Å². The highest BCUT2D eigenvalue weighted by Crippen LogP contribution is 2.25. The summed E-state index contributed by atoms with van der Waals surface area (Å²) in [7, 11) is 0. The molecule has 1 heterocycles. The van der Waals surface area contributed by atoms with Crippen molar-refractivity contribution < 1.29 is 9.13 Å². The van der Waals surface area contributed by atoms with Gasteiger partial charge in [0.1, 0.15) is 0 Å². The SMILES string of the molecule is C=CC1CC(C)(F)OC(C)=N1. The Labute approximate surface area is 65.8 Å². The maximum Gasteiger partial charge on any atom is 0.249 e. The molecule has 0 spiro atoms. The highest BCUT2D eigenvalue weighted by atomic mass is 19.2. The largest absolute Gasteiger partial charge is 0.446 e. The lowest BCUT2D eigenvalue weighted by Gasteiger charge is -2.28. The Morgan fingerprint density at radius 2 is 2.55 bits per heavy atom. The third kappa shape index (κ3) is 2.03. The molecule has 1 aliphatic rings. The van der Waals surface area contributed by atoms with Gasteiger partial charge < -0.3 is 4.74 Å². The van der Waals surface area contributed by atoms with E-state index in [0.717, 1.165) is 0 Å². The van der Waals surface area contributed by atoms with E-state index in [-0.39, 0.29) is 12.5 Å². The quantitative estimate of drug-likeness (QED) is 0.534. The summed E-state index contributed by atoms with van der Waals surface area (Å²) in [5.41, 5.74) is 0. The summed E-state index contributed by atoms with van der Waals surface area (Å²) < 4.78 is 18.0. The van der Waals surface area contributed by atoms with E-state index in [0.29, 0.717) is 5.90 Å². The molecule has 2 unspecified atom stereocenters. The predicted molar refractivity (Wildman–Crippen MR) is 42.3 cm³/mol. The van der Waals surface area contributed by atoms with Crippen molar-refractivity contribution in [1.82, 2.24) is 0 Å². The van der Waals surface area contributed by atoms with Crippen molar-refractivity contribution in [3.05, 3.63) is 12.7 Å².